The van der Waals surface area contributed by atoms with Crippen molar-refractivity contribution in [3.8, 4) is 0 Å². The summed E-state index contributed by atoms with van der Waals surface area (Å²) in [5.41, 5.74) is -0.886. The number of hydrogen-bond donors (Lipinski definition) is 2. The van der Waals surface area contributed by atoms with Gasteiger partial charge in [-0.3, -0.25) is 14.9 Å². The molecule has 1 saturated heterocycles. The van der Waals surface area contributed by atoms with E-state index in [0.29, 0.717) is 23.6 Å². The van der Waals surface area contributed by atoms with E-state index in [1.165, 1.54) is 18.2 Å². The number of carbonyl (C=O) groups is 1. The number of hydrogen-bond acceptors (Lipinski definition) is 4. The Morgan fingerprint density at radius 1 is 1.58 bits per heavy atom. The highest BCUT2D eigenvalue weighted by Gasteiger charge is 2.42. The van der Waals surface area contributed by atoms with E-state index >= 15 is 0 Å². The number of halogens is 1. The average Bonchev–Trinajstić information content (AvgIpc) is 2.78. The standard InChI is InChI=1S/C12H13ClN2O4/c13-9-2-3-10(15(18)19)8(6-9)7-12(11(16)17)4-1-5-14-12/h2-3,6,14H,1,4-5,7H2,(H,16,17). The lowest BCUT2D eigenvalue weighted by molar-refractivity contribution is -0.385. The second-order valence-corrected chi connectivity index (χ2v) is 5.06. The van der Waals surface area contributed by atoms with Gasteiger partial charge < -0.3 is 10.4 Å². The second-order valence-electron chi connectivity index (χ2n) is 4.62. The average molecular weight is 285 g/mol. The summed E-state index contributed by atoms with van der Waals surface area (Å²) in [4.78, 5) is 21.9. The molecule has 0 aromatic heterocycles. The topological polar surface area (TPSA) is 92.5 Å². The third-order valence-corrected chi connectivity index (χ3v) is 3.62. The molecule has 102 valence electrons. The first-order valence-electron chi connectivity index (χ1n) is 5.86. The smallest absolute Gasteiger partial charge is 0.324 e. The van der Waals surface area contributed by atoms with Gasteiger partial charge in [0.15, 0.2) is 0 Å². The summed E-state index contributed by atoms with van der Waals surface area (Å²) in [6, 6.07) is 4.20. The number of nitro groups is 1. The molecule has 19 heavy (non-hydrogen) atoms. The molecule has 2 N–H and O–H groups in total. The number of nitrogens with one attached hydrogen (secondary N) is 1. The molecule has 0 radical (unpaired) electrons. The van der Waals surface area contributed by atoms with Crippen molar-refractivity contribution in [3.63, 3.8) is 0 Å². The zero-order valence-electron chi connectivity index (χ0n) is 10.1. The zero-order valence-corrected chi connectivity index (χ0v) is 10.8. The second kappa shape index (κ2) is 5.14. The fraction of sp³-hybridized carbons (Fsp3) is 0.417. The van der Waals surface area contributed by atoms with Gasteiger partial charge in [-0.2, -0.15) is 0 Å². The normalized spacial score (nSPS) is 22.4. The molecule has 7 heteroatoms. The molecule has 0 bridgehead atoms. The number of aliphatic carboxylic acids is 1. The van der Waals surface area contributed by atoms with E-state index < -0.39 is 16.4 Å². The zero-order chi connectivity index (χ0) is 14.0. The van der Waals surface area contributed by atoms with Crippen LogP contribution in [-0.2, 0) is 11.2 Å². The fourth-order valence-corrected chi connectivity index (χ4v) is 2.61. The Morgan fingerprint density at radius 2 is 2.32 bits per heavy atom. The largest absolute Gasteiger partial charge is 0.480 e. The van der Waals surface area contributed by atoms with Crippen LogP contribution in [0.5, 0.6) is 0 Å². The third kappa shape index (κ3) is 2.69. The quantitative estimate of drug-likeness (QED) is 0.651. The maximum atomic E-state index is 11.4. The Morgan fingerprint density at radius 3 is 2.84 bits per heavy atom. The van der Waals surface area contributed by atoms with Crippen LogP contribution < -0.4 is 5.32 Å². The molecule has 6 nitrogen and oxygen atoms in total. The molecule has 1 unspecified atom stereocenters. The third-order valence-electron chi connectivity index (χ3n) is 3.38. The van der Waals surface area contributed by atoms with E-state index in [9.17, 15) is 20.0 Å². The predicted molar refractivity (Wildman–Crippen MR) is 69.4 cm³/mol. The van der Waals surface area contributed by atoms with Gasteiger partial charge in [-0.1, -0.05) is 11.6 Å². The summed E-state index contributed by atoms with van der Waals surface area (Å²) in [5, 5.41) is 23.6. The van der Waals surface area contributed by atoms with Crippen molar-refractivity contribution < 1.29 is 14.8 Å². The van der Waals surface area contributed by atoms with Gasteiger partial charge in [0.25, 0.3) is 5.69 Å². The Bertz CT molecular complexity index is 526. The number of nitro benzene ring substituents is 1. The van der Waals surface area contributed by atoms with Crippen molar-refractivity contribution in [2.75, 3.05) is 6.54 Å². The van der Waals surface area contributed by atoms with E-state index in [1.807, 2.05) is 0 Å². The van der Waals surface area contributed by atoms with Crippen molar-refractivity contribution in [2.45, 2.75) is 24.8 Å². The molecule has 1 fully saturated rings. The highest BCUT2D eigenvalue weighted by Crippen LogP contribution is 2.30. The van der Waals surface area contributed by atoms with Gasteiger partial charge in [0.2, 0.25) is 0 Å². The van der Waals surface area contributed by atoms with Gasteiger partial charge in [0.05, 0.1) is 4.92 Å². The first-order chi connectivity index (χ1) is 8.94. The minimum absolute atomic E-state index is 0.0548. The molecular formula is C12H13ClN2O4. The Kier molecular flexibility index (Phi) is 3.73. The fourth-order valence-electron chi connectivity index (χ4n) is 2.41. The lowest BCUT2D eigenvalue weighted by Gasteiger charge is -2.24. The first-order valence-corrected chi connectivity index (χ1v) is 6.24. The summed E-state index contributed by atoms with van der Waals surface area (Å²) in [5.74, 6) is -0.987. The summed E-state index contributed by atoms with van der Waals surface area (Å²) in [6.45, 7) is 0.598. The van der Waals surface area contributed by atoms with Crippen LogP contribution in [0.2, 0.25) is 5.02 Å². The summed E-state index contributed by atoms with van der Waals surface area (Å²) in [6.07, 6.45) is 1.24. The van der Waals surface area contributed by atoms with Gasteiger partial charge in [0, 0.05) is 23.1 Å². The van der Waals surface area contributed by atoms with Crippen LogP contribution in [-0.4, -0.2) is 28.1 Å². The van der Waals surface area contributed by atoms with E-state index in [2.05, 4.69) is 5.32 Å². The van der Waals surface area contributed by atoms with Crippen molar-refractivity contribution in [1.29, 1.82) is 0 Å². The van der Waals surface area contributed by atoms with E-state index in [1.54, 1.807) is 0 Å². The van der Waals surface area contributed by atoms with E-state index in [0.717, 1.165) is 6.42 Å². The lowest BCUT2D eigenvalue weighted by Crippen LogP contribution is -2.49. The van der Waals surface area contributed by atoms with Gasteiger partial charge in [0.1, 0.15) is 5.54 Å². The van der Waals surface area contributed by atoms with Gasteiger partial charge in [-0.25, -0.2) is 0 Å². The van der Waals surface area contributed by atoms with Crippen LogP contribution in [0.15, 0.2) is 18.2 Å². The predicted octanol–water partition coefficient (Wildman–Crippen LogP) is 2.00. The van der Waals surface area contributed by atoms with Crippen LogP contribution in [0, 0.1) is 10.1 Å². The highest BCUT2D eigenvalue weighted by molar-refractivity contribution is 6.30. The molecule has 1 heterocycles. The van der Waals surface area contributed by atoms with Crippen LogP contribution in [0.4, 0.5) is 5.69 Å². The Labute approximate surface area is 114 Å². The maximum Gasteiger partial charge on any atom is 0.324 e. The minimum atomic E-state index is -1.13. The number of nitrogens with zero attached hydrogens (tertiary/aromatic N) is 1. The van der Waals surface area contributed by atoms with Crippen molar-refractivity contribution in [2.24, 2.45) is 0 Å². The molecular weight excluding hydrogens is 272 g/mol. The summed E-state index contributed by atoms with van der Waals surface area (Å²) < 4.78 is 0. The summed E-state index contributed by atoms with van der Waals surface area (Å²) in [7, 11) is 0. The number of carboxylic acid groups (broad SMARTS) is 1. The van der Waals surface area contributed by atoms with Gasteiger partial charge >= 0.3 is 5.97 Å². The molecule has 0 spiro atoms. The van der Waals surface area contributed by atoms with Crippen molar-refractivity contribution in [1.82, 2.24) is 5.32 Å². The summed E-state index contributed by atoms with van der Waals surface area (Å²) >= 11 is 5.84. The number of rotatable bonds is 4. The molecule has 1 aromatic rings. The highest BCUT2D eigenvalue weighted by atomic mass is 35.5. The van der Waals surface area contributed by atoms with E-state index in [-0.39, 0.29) is 12.1 Å². The molecule has 0 amide bonds. The van der Waals surface area contributed by atoms with E-state index in [4.69, 9.17) is 11.6 Å². The molecule has 1 aromatic carbocycles. The molecule has 0 aliphatic carbocycles. The maximum absolute atomic E-state index is 11.4. The monoisotopic (exact) mass is 284 g/mol. The SMILES string of the molecule is O=C(O)C1(Cc2cc(Cl)ccc2[N+](=O)[O-])CCCN1. The number of carboxylic acids is 1. The molecule has 2 rings (SSSR count). The lowest BCUT2D eigenvalue weighted by atomic mass is 9.88. The van der Waals surface area contributed by atoms with Gasteiger partial charge in [-0.05, 0) is 31.5 Å². The van der Waals surface area contributed by atoms with Crippen LogP contribution >= 0.6 is 11.6 Å². The van der Waals surface area contributed by atoms with Crippen molar-refractivity contribution in [3.05, 3.63) is 38.9 Å². The molecule has 1 aliphatic rings. The van der Waals surface area contributed by atoms with Crippen molar-refractivity contribution >= 4 is 23.3 Å². The Hall–Kier alpha value is -1.66. The number of benzene rings is 1. The van der Waals surface area contributed by atoms with Crippen LogP contribution in [0.3, 0.4) is 0 Å². The molecule has 1 atom stereocenters. The van der Waals surface area contributed by atoms with Crippen LogP contribution in [0.25, 0.3) is 0 Å². The van der Waals surface area contributed by atoms with Gasteiger partial charge in [-0.15, -0.1) is 0 Å². The first kappa shape index (κ1) is 13.8. The Balaban J connectivity index is 2.39. The molecule has 1 aliphatic heterocycles. The van der Waals surface area contributed by atoms with Crippen LogP contribution in [0.1, 0.15) is 18.4 Å². The minimum Gasteiger partial charge on any atom is -0.480 e. The molecule has 0 saturated carbocycles.